The van der Waals surface area contributed by atoms with Crippen molar-refractivity contribution in [3.8, 4) is 0 Å². The van der Waals surface area contributed by atoms with E-state index in [1.54, 1.807) is 6.07 Å². The zero-order chi connectivity index (χ0) is 24.2. The highest BCUT2D eigenvalue weighted by atomic mass is 19.1. The Morgan fingerprint density at radius 2 is 1.61 bits per heavy atom. The number of fused-ring (bicyclic) bond motifs is 7. The highest BCUT2D eigenvalue weighted by Crippen LogP contribution is 2.63. The topological polar surface area (TPSA) is 35.6 Å². The first-order valence-corrected chi connectivity index (χ1v) is 13.4. The molecular formula is C31H32FN3O. The highest BCUT2D eigenvalue weighted by molar-refractivity contribution is 5.95. The second kappa shape index (κ2) is 8.65. The van der Waals surface area contributed by atoms with Crippen LogP contribution < -0.4 is 10.2 Å². The van der Waals surface area contributed by atoms with Gasteiger partial charge in [0, 0.05) is 37.4 Å². The summed E-state index contributed by atoms with van der Waals surface area (Å²) < 4.78 is 14.2. The van der Waals surface area contributed by atoms with Gasteiger partial charge in [0.15, 0.2) is 0 Å². The molecule has 36 heavy (non-hydrogen) atoms. The Morgan fingerprint density at radius 3 is 2.42 bits per heavy atom. The minimum Gasteiger partial charge on any atom is -0.378 e. The summed E-state index contributed by atoms with van der Waals surface area (Å²) in [6.07, 6.45) is 3.95. The van der Waals surface area contributed by atoms with Crippen LogP contribution in [0.3, 0.4) is 0 Å². The number of hydrogen-bond donors (Lipinski definition) is 1. The fraction of sp³-hybridized carbons (Fsp3) is 0.387. The van der Waals surface area contributed by atoms with Crippen LogP contribution in [0, 0.1) is 23.6 Å². The molecule has 3 fully saturated rings. The fourth-order valence-corrected chi connectivity index (χ4v) is 7.65. The number of piperazine rings is 1. The van der Waals surface area contributed by atoms with Gasteiger partial charge in [-0.15, -0.1) is 0 Å². The third-order valence-electron chi connectivity index (χ3n) is 9.25. The van der Waals surface area contributed by atoms with Gasteiger partial charge in [-0.1, -0.05) is 42.5 Å². The van der Waals surface area contributed by atoms with Crippen LogP contribution in [-0.2, 0) is 0 Å². The lowest BCUT2D eigenvalue weighted by Crippen LogP contribution is -2.49. The van der Waals surface area contributed by atoms with E-state index < -0.39 is 0 Å². The first-order chi connectivity index (χ1) is 17.7. The van der Waals surface area contributed by atoms with E-state index in [9.17, 15) is 9.18 Å². The van der Waals surface area contributed by atoms with Gasteiger partial charge >= 0.3 is 0 Å². The summed E-state index contributed by atoms with van der Waals surface area (Å²) in [4.78, 5) is 17.5. The third-order valence-corrected chi connectivity index (χ3v) is 9.25. The van der Waals surface area contributed by atoms with Crippen molar-refractivity contribution in [3.63, 3.8) is 0 Å². The number of nitrogens with zero attached hydrogens (tertiary/aromatic N) is 2. The second-order valence-corrected chi connectivity index (χ2v) is 11.0. The average molecular weight is 482 g/mol. The normalized spacial score (nSPS) is 28.4. The van der Waals surface area contributed by atoms with E-state index in [1.165, 1.54) is 42.1 Å². The van der Waals surface area contributed by atoms with E-state index in [0.717, 1.165) is 17.4 Å². The molecule has 2 aliphatic heterocycles. The minimum absolute atomic E-state index is 0.0934. The molecule has 5 atom stereocenters. The first-order valence-electron chi connectivity index (χ1n) is 13.4. The van der Waals surface area contributed by atoms with E-state index in [1.807, 2.05) is 28.0 Å². The molecule has 4 aliphatic rings. The van der Waals surface area contributed by atoms with Crippen LogP contribution in [-0.4, -0.2) is 37.0 Å². The SMILES string of the molecule is O=C(c1ccc2c(c1)[C@@H]1[C@H]3CC[C@@H](C3)[C@@H]1[C@@H](c1ccccc1)N2)N1CCN(c2ccccc2F)CC1. The molecule has 3 aromatic rings. The van der Waals surface area contributed by atoms with E-state index in [4.69, 9.17) is 0 Å². The lowest BCUT2D eigenvalue weighted by Gasteiger charge is -2.44. The molecule has 2 aliphatic carbocycles. The van der Waals surface area contributed by atoms with Crippen LogP contribution in [0.1, 0.15) is 52.7 Å². The number of hydrogen-bond acceptors (Lipinski definition) is 3. The van der Waals surface area contributed by atoms with Gasteiger partial charge in [-0.2, -0.15) is 0 Å². The van der Waals surface area contributed by atoms with Crippen molar-refractivity contribution >= 4 is 17.3 Å². The number of amides is 1. The monoisotopic (exact) mass is 481 g/mol. The first kappa shape index (κ1) is 21.9. The summed E-state index contributed by atoms with van der Waals surface area (Å²) >= 11 is 0. The standard InChI is InChI=1S/C31H32FN3O/c32-25-8-4-5-9-27(25)34-14-16-35(17-15-34)31(36)23-12-13-26-24(19-23)28-21-10-11-22(18-21)29(28)30(33-26)20-6-2-1-3-7-20/h1-9,12-13,19,21-22,28-30,33H,10-11,14-18H2/t21-,22-,28-,29-,30+/m0/s1. The van der Waals surface area contributed by atoms with Gasteiger partial charge in [0.2, 0.25) is 0 Å². The van der Waals surface area contributed by atoms with Crippen molar-refractivity contribution in [1.29, 1.82) is 0 Å². The summed E-state index contributed by atoms with van der Waals surface area (Å²) in [7, 11) is 0. The highest BCUT2D eigenvalue weighted by Gasteiger charge is 2.53. The van der Waals surface area contributed by atoms with E-state index in [-0.39, 0.29) is 11.7 Å². The Kier molecular flexibility index (Phi) is 5.26. The van der Waals surface area contributed by atoms with Crippen LogP contribution in [0.5, 0.6) is 0 Å². The van der Waals surface area contributed by atoms with Crippen molar-refractivity contribution in [2.45, 2.75) is 31.2 Å². The predicted molar refractivity (Wildman–Crippen MR) is 141 cm³/mol. The van der Waals surface area contributed by atoms with Crippen molar-refractivity contribution in [2.75, 3.05) is 36.4 Å². The molecule has 2 heterocycles. The molecule has 7 rings (SSSR count). The van der Waals surface area contributed by atoms with Crippen molar-refractivity contribution in [1.82, 2.24) is 4.90 Å². The number of anilines is 2. The number of benzene rings is 3. The molecule has 0 radical (unpaired) electrons. The summed E-state index contributed by atoms with van der Waals surface area (Å²) in [5.41, 5.74) is 5.32. The van der Waals surface area contributed by atoms with Crippen molar-refractivity contribution in [2.24, 2.45) is 17.8 Å². The molecule has 0 aromatic heterocycles. The van der Waals surface area contributed by atoms with Gasteiger partial charge in [-0.25, -0.2) is 4.39 Å². The molecule has 1 amide bonds. The molecular weight excluding hydrogens is 449 g/mol. The molecule has 5 heteroatoms. The zero-order valence-electron chi connectivity index (χ0n) is 20.4. The number of halogens is 1. The molecule has 0 spiro atoms. The largest absolute Gasteiger partial charge is 0.378 e. The van der Waals surface area contributed by atoms with E-state index >= 15 is 0 Å². The van der Waals surface area contributed by atoms with E-state index in [2.05, 4.69) is 47.8 Å². The molecule has 184 valence electrons. The van der Waals surface area contributed by atoms with Gasteiger partial charge in [0.05, 0.1) is 11.7 Å². The Bertz CT molecular complexity index is 1290. The number of para-hydroxylation sites is 1. The molecule has 2 saturated carbocycles. The number of rotatable bonds is 3. The van der Waals surface area contributed by atoms with Crippen molar-refractivity contribution in [3.05, 3.63) is 95.3 Å². The molecule has 1 N–H and O–H groups in total. The number of carbonyl (C=O) groups excluding carboxylic acids is 1. The lowest BCUT2D eigenvalue weighted by atomic mass is 9.68. The Balaban J connectivity index is 1.14. The van der Waals surface area contributed by atoms with Crippen LogP contribution in [0.2, 0.25) is 0 Å². The summed E-state index contributed by atoms with van der Waals surface area (Å²) in [5.74, 6) is 2.49. The molecule has 1 saturated heterocycles. The minimum atomic E-state index is -0.200. The van der Waals surface area contributed by atoms with Gasteiger partial charge in [0.25, 0.3) is 5.91 Å². The van der Waals surface area contributed by atoms with Gasteiger partial charge in [0.1, 0.15) is 5.82 Å². The average Bonchev–Trinajstić information content (AvgIpc) is 3.56. The van der Waals surface area contributed by atoms with Gasteiger partial charge in [-0.3, -0.25) is 4.79 Å². The maximum absolute atomic E-state index is 14.2. The van der Waals surface area contributed by atoms with Crippen LogP contribution in [0.15, 0.2) is 72.8 Å². The van der Waals surface area contributed by atoms with Crippen LogP contribution in [0.4, 0.5) is 15.8 Å². The maximum Gasteiger partial charge on any atom is 0.253 e. The molecule has 3 aromatic carbocycles. The molecule has 4 nitrogen and oxygen atoms in total. The fourth-order valence-electron chi connectivity index (χ4n) is 7.65. The second-order valence-electron chi connectivity index (χ2n) is 11.0. The quantitative estimate of drug-likeness (QED) is 0.492. The van der Waals surface area contributed by atoms with Gasteiger partial charge < -0.3 is 15.1 Å². The summed E-state index contributed by atoms with van der Waals surface area (Å²) in [6.45, 7) is 2.50. The zero-order valence-corrected chi connectivity index (χ0v) is 20.4. The van der Waals surface area contributed by atoms with Crippen molar-refractivity contribution < 1.29 is 9.18 Å². The summed E-state index contributed by atoms with van der Waals surface area (Å²) in [5, 5.41) is 3.88. The maximum atomic E-state index is 14.2. The molecule has 2 bridgehead atoms. The van der Waals surface area contributed by atoms with Crippen LogP contribution >= 0.6 is 0 Å². The number of carbonyl (C=O) groups is 1. The Labute approximate surface area is 212 Å². The van der Waals surface area contributed by atoms with Crippen LogP contribution in [0.25, 0.3) is 0 Å². The predicted octanol–water partition coefficient (Wildman–Crippen LogP) is 6.08. The van der Waals surface area contributed by atoms with Gasteiger partial charge in [-0.05, 0) is 84.4 Å². The Hall–Kier alpha value is -3.34. The Morgan fingerprint density at radius 1 is 0.861 bits per heavy atom. The molecule has 0 unspecified atom stereocenters. The summed E-state index contributed by atoms with van der Waals surface area (Å²) in [6, 6.07) is 24.4. The lowest BCUT2D eigenvalue weighted by molar-refractivity contribution is 0.0746. The smallest absolute Gasteiger partial charge is 0.253 e. The third kappa shape index (κ3) is 3.51. The van der Waals surface area contributed by atoms with E-state index in [0.29, 0.717) is 49.7 Å². The number of nitrogens with one attached hydrogen (secondary N) is 1.